The zero-order valence-electron chi connectivity index (χ0n) is 18.3. The summed E-state index contributed by atoms with van der Waals surface area (Å²) in [5.41, 5.74) is 4.51. The molecule has 0 spiro atoms. The highest BCUT2D eigenvalue weighted by molar-refractivity contribution is 5.85. The molecular weight excluding hydrogens is 410 g/mol. The second-order valence-electron chi connectivity index (χ2n) is 7.89. The van der Waals surface area contributed by atoms with E-state index in [0.717, 1.165) is 5.56 Å². The Balaban J connectivity index is 1.55. The summed E-state index contributed by atoms with van der Waals surface area (Å²) in [5, 5.41) is 20.9. The third-order valence-corrected chi connectivity index (χ3v) is 5.58. The monoisotopic (exact) mass is 435 g/mol. The summed E-state index contributed by atoms with van der Waals surface area (Å²) < 4.78 is 5.50. The molecule has 0 fully saturated rings. The van der Waals surface area contributed by atoms with Gasteiger partial charge in [-0.2, -0.15) is 0 Å². The van der Waals surface area contributed by atoms with E-state index in [1.165, 1.54) is 11.1 Å². The van der Waals surface area contributed by atoms with Crippen molar-refractivity contribution in [2.24, 2.45) is 0 Å². The highest BCUT2D eigenvalue weighted by Crippen LogP contribution is 2.28. The van der Waals surface area contributed by atoms with Crippen LogP contribution in [0.3, 0.4) is 0 Å². The minimum atomic E-state index is -1.02. The quantitative estimate of drug-likeness (QED) is 0.604. The van der Waals surface area contributed by atoms with Crippen molar-refractivity contribution in [1.82, 2.24) is 20.2 Å². The number of benzene rings is 2. The largest absolute Gasteiger partial charge is 0.480 e. The Labute approximate surface area is 185 Å². The average molecular weight is 435 g/mol. The van der Waals surface area contributed by atoms with Gasteiger partial charge in [0.05, 0.1) is 6.54 Å². The summed E-state index contributed by atoms with van der Waals surface area (Å²) in [7, 11) is 1.72. The average Bonchev–Trinajstić information content (AvgIpc) is 3.39. The van der Waals surface area contributed by atoms with Crippen LogP contribution in [0.2, 0.25) is 0 Å². The first-order chi connectivity index (χ1) is 15.3. The molecule has 0 unspecified atom stereocenters. The molecule has 0 saturated carbocycles. The number of carbonyl (C=O) groups is 2. The van der Waals surface area contributed by atoms with Gasteiger partial charge < -0.3 is 14.4 Å². The van der Waals surface area contributed by atoms with E-state index < -0.39 is 5.97 Å². The van der Waals surface area contributed by atoms with Crippen molar-refractivity contribution in [3.05, 3.63) is 65.0 Å². The Kier molecular flexibility index (Phi) is 5.91. The maximum atomic E-state index is 13.1. The number of carboxylic acids is 1. The molecule has 0 bridgehead atoms. The second kappa shape index (κ2) is 8.80. The van der Waals surface area contributed by atoms with Gasteiger partial charge in [-0.05, 0) is 35.7 Å². The Bertz CT molecular complexity index is 1130. The summed E-state index contributed by atoms with van der Waals surface area (Å²) in [6.45, 7) is 4.46. The standard InChI is InChI=1S/C23H25N5O4/c1-15-8-9-17(23-25-24-16(2)32-23)10-20(15)27(14-22(30)31)13-21(29)26(3)28-11-18-6-4-5-7-19(18)12-28/h4-10H,11-14H2,1-3H3,(H,30,31). The summed E-state index contributed by atoms with van der Waals surface area (Å²) in [5.74, 6) is -0.435. The number of hydrogen-bond acceptors (Lipinski definition) is 7. The van der Waals surface area contributed by atoms with E-state index in [-0.39, 0.29) is 19.0 Å². The van der Waals surface area contributed by atoms with Crippen molar-refractivity contribution in [2.45, 2.75) is 26.9 Å². The van der Waals surface area contributed by atoms with Gasteiger partial charge in [0.1, 0.15) is 6.54 Å². The molecule has 32 heavy (non-hydrogen) atoms. The number of aromatic nitrogens is 2. The summed E-state index contributed by atoms with van der Waals surface area (Å²) in [4.78, 5) is 26.3. The minimum absolute atomic E-state index is 0.0806. The van der Waals surface area contributed by atoms with Gasteiger partial charge in [-0.3, -0.25) is 14.6 Å². The molecule has 0 saturated heterocycles. The molecule has 1 N–H and O–H groups in total. The first kappa shape index (κ1) is 21.5. The van der Waals surface area contributed by atoms with Crippen LogP contribution >= 0.6 is 0 Å². The van der Waals surface area contributed by atoms with Gasteiger partial charge in [-0.25, -0.2) is 5.01 Å². The predicted octanol–water partition coefficient (Wildman–Crippen LogP) is 2.63. The molecule has 166 valence electrons. The number of hydrogen-bond donors (Lipinski definition) is 1. The number of aryl methyl sites for hydroxylation is 2. The number of carbonyl (C=O) groups excluding carboxylic acids is 1. The van der Waals surface area contributed by atoms with Crippen molar-refractivity contribution in [1.29, 1.82) is 0 Å². The minimum Gasteiger partial charge on any atom is -0.480 e. The Morgan fingerprint density at radius 1 is 1.06 bits per heavy atom. The number of anilines is 1. The van der Waals surface area contributed by atoms with E-state index in [1.807, 2.05) is 36.2 Å². The van der Waals surface area contributed by atoms with Crippen LogP contribution < -0.4 is 4.90 Å². The lowest BCUT2D eigenvalue weighted by Gasteiger charge is -2.31. The maximum Gasteiger partial charge on any atom is 0.323 e. The Morgan fingerprint density at radius 3 is 2.34 bits per heavy atom. The molecule has 0 aliphatic carbocycles. The molecular formula is C23H25N5O4. The molecule has 0 atom stereocenters. The fourth-order valence-electron chi connectivity index (χ4n) is 3.84. The molecule has 0 radical (unpaired) electrons. The van der Waals surface area contributed by atoms with Gasteiger partial charge in [0.2, 0.25) is 11.8 Å². The lowest BCUT2D eigenvalue weighted by molar-refractivity contribution is -0.145. The van der Waals surface area contributed by atoms with Gasteiger partial charge in [0, 0.05) is 38.3 Å². The molecule has 9 heteroatoms. The highest BCUT2D eigenvalue weighted by Gasteiger charge is 2.27. The van der Waals surface area contributed by atoms with E-state index in [0.29, 0.717) is 36.1 Å². The van der Waals surface area contributed by atoms with E-state index in [1.54, 1.807) is 29.9 Å². The second-order valence-corrected chi connectivity index (χ2v) is 7.89. The van der Waals surface area contributed by atoms with Crippen molar-refractivity contribution < 1.29 is 19.1 Å². The third-order valence-electron chi connectivity index (χ3n) is 5.58. The van der Waals surface area contributed by atoms with Crippen LogP contribution in [0, 0.1) is 13.8 Å². The first-order valence-corrected chi connectivity index (χ1v) is 10.3. The molecule has 9 nitrogen and oxygen atoms in total. The number of likely N-dealkylation sites (N-methyl/N-ethyl adjacent to an activating group) is 1. The van der Waals surface area contributed by atoms with Crippen molar-refractivity contribution in [3.8, 4) is 11.5 Å². The molecule has 1 amide bonds. The van der Waals surface area contributed by atoms with E-state index >= 15 is 0 Å². The van der Waals surface area contributed by atoms with Crippen molar-refractivity contribution in [3.63, 3.8) is 0 Å². The van der Waals surface area contributed by atoms with Crippen LogP contribution in [0.25, 0.3) is 11.5 Å². The molecule has 4 rings (SSSR count). The van der Waals surface area contributed by atoms with Crippen LogP contribution in [0.4, 0.5) is 5.69 Å². The smallest absolute Gasteiger partial charge is 0.323 e. The molecule has 2 heterocycles. The molecule has 2 aromatic carbocycles. The van der Waals surface area contributed by atoms with Crippen LogP contribution in [0.15, 0.2) is 46.9 Å². The molecule has 1 aliphatic rings. The Hall–Kier alpha value is -3.72. The lowest BCUT2D eigenvalue weighted by Crippen LogP contribution is -2.47. The van der Waals surface area contributed by atoms with Gasteiger partial charge in [-0.1, -0.05) is 30.3 Å². The van der Waals surface area contributed by atoms with E-state index in [4.69, 9.17) is 4.42 Å². The lowest BCUT2D eigenvalue weighted by atomic mass is 10.1. The number of fused-ring (bicyclic) bond motifs is 1. The predicted molar refractivity (Wildman–Crippen MR) is 118 cm³/mol. The number of aliphatic carboxylic acids is 1. The van der Waals surface area contributed by atoms with Crippen LogP contribution in [0.5, 0.6) is 0 Å². The van der Waals surface area contributed by atoms with E-state index in [2.05, 4.69) is 22.3 Å². The number of hydrazine groups is 1. The van der Waals surface area contributed by atoms with Crippen molar-refractivity contribution in [2.75, 3.05) is 25.0 Å². The van der Waals surface area contributed by atoms with Crippen LogP contribution in [-0.4, -0.2) is 57.3 Å². The van der Waals surface area contributed by atoms with Crippen LogP contribution in [0.1, 0.15) is 22.6 Å². The summed E-state index contributed by atoms with van der Waals surface area (Å²) in [6, 6.07) is 13.5. The molecule has 3 aromatic rings. The summed E-state index contributed by atoms with van der Waals surface area (Å²) >= 11 is 0. The van der Waals surface area contributed by atoms with E-state index in [9.17, 15) is 14.7 Å². The fourth-order valence-corrected chi connectivity index (χ4v) is 3.84. The first-order valence-electron chi connectivity index (χ1n) is 10.3. The topological polar surface area (TPSA) is 103 Å². The highest BCUT2D eigenvalue weighted by atomic mass is 16.4. The third kappa shape index (κ3) is 4.47. The molecule has 1 aliphatic heterocycles. The zero-order chi connectivity index (χ0) is 22.8. The zero-order valence-corrected chi connectivity index (χ0v) is 18.3. The fraction of sp³-hybridized carbons (Fsp3) is 0.304. The number of nitrogens with zero attached hydrogens (tertiary/aromatic N) is 5. The number of amides is 1. The summed E-state index contributed by atoms with van der Waals surface area (Å²) in [6.07, 6.45) is 0. The number of rotatable bonds is 7. The van der Waals surface area contributed by atoms with Crippen molar-refractivity contribution >= 4 is 17.6 Å². The van der Waals surface area contributed by atoms with Gasteiger partial charge in [0.15, 0.2) is 0 Å². The normalized spacial score (nSPS) is 13.1. The molecule has 1 aromatic heterocycles. The SMILES string of the molecule is Cc1nnc(-c2ccc(C)c(N(CC(=O)O)CC(=O)N(C)N3Cc4ccccc4C3)c2)o1. The van der Waals surface area contributed by atoms with Gasteiger partial charge in [-0.15, -0.1) is 10.2 Å². The van der Waals surface area contributed by atoms with Crippen LogP contribution in [-0.2, 0) is 22.7 Å². The number of carboxylic acid groups (broad SMARTS) is 1. The van der Waals surface area contributed by atoms with Gasteiger partial charge >= 0.3 is 5.97 Å². The van der Waals surface area contributed by atoms with Gasteiger partial charge in [0.25, 0.3) is 5.91 Å². The Morgan fingerprint density at radius 2 is 1.75 bits per heavy atom. The maximum absolute atomic E-state index is 13.1.